The molecule has 0 saturated heterocycles. The van der Waals surface area contributed by atoms with Crippen LogP contribution in [0.3, 0.4) is 0 Å². The maximum Gasteiger partial charge on any atom is 0.119 e. The van der Waals surface area contributed by atoms with Crippen molar-refractivity contribution < 1.29 is 4.74 Å². The summed E-state index contributed by atoms with van der Waals surface area (Å²) < 4.78 is 7.57. The minimum absolute atomic E-state index is 0.819. The van der Waals surface area contributed by atoms with Crippen LogP contribution in [0.15, 0.2) is 36.7 Å². The third-order valence-electron chi connectivity index (χ3n) is 3.15. The van der Waals surface area contributed by atoms with Crippen molar-refractivity contribution in [2.24, 2.45) is 0 Å². The summed E-state index contributed by atoms with van der Waals surface area (Å²) in [7, 11) is 0. The van der Waals surface area contributed by atoms with Gasteiger partial charge in [-0.2, -0.15) is 11.8 Å². The van der Waals surface area contributed by atoms with E-state index in [-0.39, 0.29) is 0 Å². The second-order valence-electron chi connectivity index (χ2n) is 4.92. The van der Waals surface area contributed by atoms with Gasteiger partial charge < -0.3 is 4.74 Å². The SMILES string of the molecule is CCCCCOc1ccc(CSCCn2ccnn2)cc1. The Hall–Kier alpha value is -1.49. The summed E-state index contributed by atoms with van der Waals surface area (Å²) in [4.78, 5) is 0. The standard InChI is InChI=1S/C16H23N3OS/c1-2-3-4-12-20-16-7-5-15(6-8-16)14-21-13-11-19-10-9-17-18-19/h5-10H,2-4,11-14H2,1H3. The minimum Gasteiger partial charge on any atom is -0.494 e. The van der Waals surface area contributed by atoms with Crippen molar-refractivity contribution in [3.8, 4) is 5.75 Å². The lowest BCUT2D eigenvalue weighted by atomic mass is 10.2. The summed E-state index contributed by atoms with van der Waals surface area (Å²) in [6, 6.07) is 8.44. The molecule has 0 fully saturated rings. The molecule has 5 heteroatoms. The molecule has 0 amide bonds. The predicted molar refractivity (Wildman–Crippen MR) is 87.6 cm³/mol. The molecule has 4 nitrogen and oxygen atoms in total. The van der Waals surface area contributed by atoms with Crippen molar-refractivity contribution in [1.82, 2.24) is 15.0 Å². The van der Waals surface area contributed by atoms with Crippen LogP contribution in [-0.2, 0) is 12.3 Å². The van der Waals surface area contributed by atoms with Gasteiger partial charge in [-0.05, 0) is 24.1 Å². The van der Waals surface area contributed by atoms with E-state index in [4.69, 9.17) is 4.74 Å². The molecule has 2 rings (SSSR count). The summed E-state index contributed by atoms with van der Waals surface area (Å²) in [5.74, 6) is 3.03. The van der Waals surface area contributed by atoms with Crippen LogP contribution in [0, 0.1) is 0 Å². The molecule has 0 aliphatic heterocycles. The number of aryl methyl sites for hydroxylation is 1. The highest BCUT2D eigenvalue weighted by Crippen LogP contribution is 2.17. The number of thioether (sulfide) groups is 1. The topological polar surface area (TPSA) is 39.9 Å². The Kier molecular flexibility index (Phi) is 7.15. The van der Waals surface area contributed by atoms with Crippen LogP contribution >= 0.6 is 11.8 Å². The molecule has 0 atom stereocenters. The zero-order valence-electron chi connectivity index (χ0n) is 12.6. The fraction of sp³-hybridized carbons (Fsp3) is 0.500. The van der Waals surface area contributed by atoms with Crippen LogP contribution in [0.1, 0.15) is 31.7 Å². The van der Waals surface area contributed by atoms with Crippen molar-refractivity contribution in [2.45, 2.75) is 38.5 Å². The minimum atomic E-state index is 0.819. The van der Waals surface area contributed by atoms with Crippen molar-refractivity contribution >= 4 is 11.8 Å². The second-order valence-corrected chi connectivity index (χ2v) is 6.02. The first-order chi connectivity index (χ1) is 10.4. The van der Waals surface area contributed by atoms with E-state index in [9.17, 15) is 0 Å². The molecule has 114 valence electrons. The number of aromatic nitrogens is 3. The fourth-order valence-electron chi connectivity index (χ4n) is 1.92. The fourth-order valence-corrected chi connectivity index (χ4v) is 2.81. The molecule has 0 saturated carbocycles. The first-order valence-electron chi connectivity index (χ1n) is 7.52. The summed E-state index contributed by atoms with van der Waals surface area (Å²) in [5, 5.41) is 7.75. The average Bonchev–Trinajstić information content (AvgIpc) is 3.03. The zero-order chi connectivity index (χ0) is 14.8. The van der Waals surface area contributed by atoms with E-state index in [2.05, 4.69) is 41.5 Å². The summed E-state index contributed by atoms with van der Waals surface area (Å²) >= 11 is 1.91. The third kappa shape index (κ3) is 6.21. The molecule has 0 N–H and O–H groups in total. The molecule has 0 aliphatic rings. The van der Waals surface area contributed by atoms with Crippen LogP contribution < -0.4 is 4.74 Å². The van der Waals surface area contributed by atoms with Gasteiger partial charge in [-0.25, -0.2) is 0 Å². The van der Waals surface area contributed by atoms with Crippen molar-refractivity contribution in [2.75, 3.05) is 12.4 Å². The number of hydrogen-bond donors (Lipinski definition) is 0. The Morgan fingerprint density at radius 1 is 1.19 bits per heavy atom. The van der Waals surface area contributed by atoms with Gasteiger partial charge in [-0.3, -0.25) is 4.68 Å². The van der Waals surface area contributed by atoms with Gasteiger partial charge >= 0.3 is 0 Å². The summed E-state index contributed by atoms with van der Waals surface area (Å²) in [6.07, 6.45) is 7.21. The lowest BCUT2D eigenvalue weighted by Crippen LogP contribution is -2.01. The van der Waals surface area contributed by atoms with E-state index in [1.807, 2.05) is 22.6 Å². The van der Waals surface area contributed by atoms with Crippen LogP contribution in [0.4, 0.5) is 0 Å². The average molecular weight is 305 g/mol. The van der Waals surface area contributed by atoms with Crippen LogP contribution in [0.5, 0.6) is 5.75 Å². The Morgan fingerprint density at radius 3 is 2.76 bits per heavy atom. The molecule has 2 aromatic rings. The normalized spacial score (nSPS) is 10.7. The highest BCUT2D eigenvalue weighted by Gasteiger charge is 1.98. The van der Waals surface area contributed by atoms with Gasteiger partial charge in [0.2, 0.25) is 0 Å². The smallest absolute Gasteiger partial charge is 0.119 e. The van der Waals surface area contributed by atoms with E-state index < -0.39 is 0 Å². The van der Waals surface area contributed by atoms with Gasteiger partial charge in [0.05, 0.1) is 19.3 Å². The Balaban J connectivity index is 1.62. The highest BCUT2D eigenvalue weighted by molar-refractivity contribution is 7.98. The van der Waals surface area contributed by atoms with Crippen LogP contribution in [0.25, 0.3) is 0 Å². The van der Waals surface area contributed by atoms with Crippen molar-refractivity contribution in [3.05, 3.63) is 42.2 Å². The van der Waals surface area contributed by atoms with Gasteiger partial charge in [-0.15, -0.1) is 5.10 Å². The number of nitrogens with zero attached hydrogens (tertiary/aromatic N) is 3. The first kappa shape index (κ1) is 15.9. The Bertz CT molecular complexity index is 485. The number of rotatable bonds is 10. The number of ether oxygens (including phenoxy) is 1. The molecule has 0 radical (unpaired) electrons. The molecular weight excluding hydrogens is 282 g/mol. The van der Waals surface area contributed by atoms with Gasteiger partial charge in [0.15, 0.2) is 0 Å². The summed E-state index contributed by atoms with van der Waals surface area (Å²) in [6.45, 7) is 3.93. The first-order valence-corrected chi connectivity index (χ1v) is 8.67. The number of hydrogen-bond acceptors (Lipinski definition) is 4. The third-order valence-corrected chi connectivity index (χ3v) is 4.15. The van der Waals surface area contributed by atoms with E-state index in [0.29, 0.717) is 0 Å². The number of benzene rings is 1. The maximum absolute atomic E-state index is 5.71. The van der Waals surface area contributed by atoms with E-state index in [1.165, 1.54) is 18.4 Å². The highest BCUT2D eigenvalue weighted by atomic mass is 32.2. The molecule has 0 aliphatic carbocycles. The van der Waals surface area contributed by atoms with Gasteiger partial charge in [0, 0.05) is 17.7 Å². The van der Waals surface area contributed by atoms with Gasteiger partial charge in [-0.1, -0.05) is 37.1 Å². The predicted octanol–water partition coefficient (Wildman–Crippen LogP) is 3.78. The molecule has 21 heavy (non-hydrogen) atoms. The van der Waals surface area contributed by atoms with Crippen molar-refractivity contribution in [3.63, 3.8) is 0 Å². The molecule has 1 aromatic carbocycles. The monoisotopic (exact) mass is 305 g/mol. The molecule has 0 bridgehead atoms. The van der Waals surface area contributed by atoms with E-state index in [1.54, 1.807) is 6.20 Å². The molecule has 1 aromatic heterocycles. The quantitative estimate of drug-likeness (QED) is 0.626. The van der Waals surface area contributed by atoms with Crippen LogP contribution in [-0.4, -0.2) is 27.4 Å². The lowest BCUT2D eigenvalue weighted by molar-refractivity contribution is 0.306. The van der Waals surface area contributed by atoms with E-state index in [0.717, 1.165) is 36.8 Å². The van der Waals surface area contributed by atoms with Crippen molar-refractivity contribution in [1.29, 1.82) is 0 Å². The van der Waals surface area contributed by atoms with E-state index >= 15 is 0 Å². The van der Waals surface area contributed by atoms with Gasteiger partial charge in [0.1, 0.15) is 5.75 Å². The summed E-state index contributed by atoms with van der Waals surface area (Å²) in [5.41, 5.74) is 1.33. The maximum atomic E-state index is 5.71. The molecule has 0 unspecified atom stereocenters. The largest absolute Gasteiger partial charge is 0.494 e. The Labute approximate surface area is 130 Å². The molecule has 1 heterocycles. The lowest BCUT2D eigenvalue weighted by Gasteiger charge is -2.07. The second kappa shape index (κ2) is 9.45. The zero-order valence-corrected chi connectivity index (χ0v) is 13.4. The van der Waals surface area contributed by atoms with Crippen LogP contribution in [0.2, 0.25) is 0 Å². The molecule has 0 spiro atoms. The number of unbranched alkanes of at least 4 members (excludes halogenated alkanes) is 2. The Morgan fingerprint density at radius 2 is 2.05 bits per heavy atom. The molecular formula is C16H23N3OS. The van der Waals surface area contributed by atoms with Gasteiger partial charge in [0.25, 0.3) is 0 Å².